The third kappa shape index (κ3) is 2.47. The molecule has 0 aromatic rings. The first-order valence-electron chi connectivity index (χ1n) is 3.99. The van der Waals surface area contributed by atoms with Gasteiger partial charge in [0.15, 0.2) is 0 Å². The average molecular weight is 168 g/mol. The number of likely N-dealkylation sites (tertiary alicyclic amines) is 1. The van der Waals surface area contributed by atoms with Crippen LogP contribution in [0.3, 0.4) is 0 Å². The first-order chi connectivity index (χ1) is 5.34. The van der Waals surface area contributed by atoms with Crippen LogP contribution in [0.2, 0.25) is 0 Å². The van der Waals surface area contributed by atoms with E-state index < -0.39 is 0 Å². The topological polar surface area (TPSA) is 27.0 Å². The van der Waals surface area contributed by atoms with Crippen LogP contribution in [0.5, 0.6) is 0 Å². The van der Waals surface area contributed by atoms with E-state index in [0.29, 0.717) is 6.42 Å². The van der Waals surface area contributed by atoms with Gasteiger partial charge in [0.05, 0.1) is 17.5 Å². The maximum Gasteiger partial charge on any atom is 0.0779 e. The summed E-state index contributed by atoms with van der Waals surface area (Å²) in [4.78, 5) is 3.20. The van der Waals surface area contributed by atoms with E-state index in [0.717, 1.165) is 24.5 Å². The Hall–Kier alpha value is -0.620. The number of hydrogen-bond acceptors (Lipinski definition) is 2. The SMILES string of the molecule is N#CCCN1CCCCC1=S. The van der Waals surface area contributed by atoms with E-state index in [1.807, 2.05) is 0 Å². The Labute approximate surface area is 72.8 Å². The van der Waals surface area contributed by atoms with Crippen LogP contribution in [-0.4, -0.2) is 23.0 Å². The van der Waals surface area contributed by atoms with E-state index in [1.165, 1.54) is 12.8 Å². The van der Waals surface area contributed by atoms with E-state index >= 15 is 0 Å². The van der Waals surface area contributed by atoms with Crippen molar-refractivity contribution in [3.63, 3.8) is 0 Å². The number of nitriles is 1. The van der Waals surface area contributed by atoms with Crippen molar-refractivity contribution in [1.29, 1.82) is 5.26 Å². The number of piperidine rings is 1. The molecule has 60 valence electrons. The zero-order valence-corrected chi connectivity index (χ0v) is 7.36. The molecule has 0 aliphatic carbocycles. The lowest BCUT2D eigenvalue weighted by molar-refractivity contribution is 0.385. The highest BCUT2D eigenvalue weighted by Gasteiger charge is 2.12. The van der Waals surface area contributed by atoms with Gasteiger partial charge in [0.2, 0.25) is 0 Å². The van der Waals surface area contributed by atoms with Gasteiger partial charge in [-0.25, -0.2) is 0 Å². The Kier molecular flexibility index (Phi) is 3.31. The number of nitrogens with zero attached hydrogens (tertiary/aromatic N) is 2. The minimum atomic E-state index is 0.597. The maximum absolute atomic E-state index is 8.36. The fourth-order valence-corrected chi connectivity index (χ4v) is 1.61. The van der Waals surface area contributed by atoms with Crippen LogP contribution in [-0.2, 0) is 0 Å². The van der Waals surface area contributed by atoms with Crippen LogP contribution in [0, 0.1) is 11.3 Å². The normalized spacial score (nSPS) is 18.1. The van der Waals surface area contributed by atoms with E-state index in [2.05, 4.69) is 11.0 Å². The summed E-state index contributed by atoms with van der Waals surface area (Å²) in [5.74, 6) is 0. The van der Waals surface area contributed by atoms with Crippen molar-refractivity contribution in [3.8, 4) is 6.07 Å². The van der Waals surface area contributed by atoms with Crippen LogP contribution in [0.4, 0.5) is 0 Å². The first kappa shape index (κ1) is 8.48. The Bertz CT molecular complexity index is 183. The largest absolute Gasteiger partial charge is 0.365 e. The predicted molar refractivity (Wildman–Crippen MR) is 48.3 cm³/mol. The van der Waals surface area contributed by atoms with Crippen LogP contribution >= 0.6 is 12.2 Å². The van der Waals surface area contributed by atoms with E-state index in [9.17, 15) is 0 Å². The molecule has 0 radical (unpaired) electrons. The third-order valence-electron chi connectivity index (χ3n) is 1.91. The molecule has 3 heteroatoms. The summed E-state index contributed by atoms with van der Waals surface area (Å²) in [5.41, 5.74) is 0. The molecule has 0 bridgehead atoms. The van der Waals surface area contributed by atoms with Gasteiger partial charge in [-0.2, -0.15) is 5.26 Å². The molecule has 1 aliphatic rings. The molecule has 2 nitrogen and oxygen atoms in total. The van der Waals surface area contributed by atoms with Gasteiger partial charge in [-0.15, -0.1) is 0 Å². The minimum Gasteiger partial charge on any atom is -0.365 e. The molecule has 1 aliphatic heterocycles. The molecule has 0 saturated carbocycles. The molecule has 0 amide bonds. The monoisotopic (exact) mass is 168 g/mol. The van der Waals surface area contributed by atoms with Crippen molar-refractivity contribution < 1.29 is 0 Å². The Morgan fingerprint density at radius 1 is 1.55 bits per heavy atom. The lowest BCUT2D eigenvalue weighted by Crippen LogP contribution is -2.34. The molecule has 1 rings (SSSR count). The van der Waals surface area contributed by atoms with Crippen LogP contribution in [0.25, 0.3) is 0 Å². The number of hydrogen-bond donors (Lipinski definition) is 0. The molecule has 1 heterocycles. The molecular weight excluding hydrogens is 156 g/mol. The fraction of sp³-hybridized carbons (Fsp3) is 0.750. The van der Waals surface area contributed by atoms with Gasteiger partial charge < -0.3 is 4.90 Å². The second-order valence-corrected chi connectivity index (χ2v) is 3.22. The second-order valence-electron chi connectivity index (χ2n) is 2.75. The number of rotatable bonds is 2. The zero-order chi connectivity index (χ0) is 8.10. The van der Waals surface area contributed by atoms with Crippen LogP contribution in [0.15, 0.2) is 0 Å². The van der Waals surface area contributed by atoms with Gasteiger partial charge in [0.1, 0.15) is 0 Å². The quantitative estimate of drug-likeness (QED) is 0.587. The highest BCUT2D eigenvalue weighted by atomic mass is 32.1. The highest BCUT2D eigenvalue weighted by molar-refractivity contribution is 7.80. The highest BCUT2D eigenvalue weighted by Crippen LogP contribution is 2.11. The zero-order valence-electron chi connectivity index (χ0n) is 6.55. The van der Waals surface area contributed by atoms with Crippen LogP contribution in [0.1, 0.15) is 25.7 Å². The van der Waals surface area contributed by atoms with Gasteiger partial charge in [0.25, 0.3) is 0 Å². The van der Waals surface area contributed by atoms with Crippen molar-refractivity contribution in [2.24, 2.45) is 0 Å². The van der Waals surface area contributed by atoms with Crippen molar-refractivity contribution >= 4 is 17.2 Å². The van der Waals surface area contributed by atoms with Crippen molar-refractivity contribution in [2.45, 2.75) is 25.7 Å². The van der Waals surface area contributed by atoms with Crippen LogP contribution < -0.4 is 0 Å². The van der Waals surface area contributed by atoms with Gasteiger partial charge in [0, 0.05) is 13.1 Å². The van der Waals surface area contributed by atoms with Crippen molar-refractivity contribution in [2.75, 3.05) is 13.1 Å². The molecular formula is C8H12N2S. The summed E-state index contributed by atoms with van der Waals surface area (Å²) in [6.07, 6.45) is 4.09. The summed E-state index contributed by atoms with van der Waals surface area (Å²) in [6.45, 7) is 1.88. The third-order valence-corrected chi connectivity index (χ3v) is 2.38. The van der Waals surface area contributed by atoms with Gasteiger partial charge in [-0.05, 0) is 19.3 Å². The van der Waals surface area contributed by atoms with Crippen molar-refractivity contribution in [3.05, 3.63) is 0 Å². The average Bonchev–Trinajstić information content (AvgIpc) is 2.03. The lowest BCUT2D eigenvalue weighted by Gasteiger charge is -2.28. The van der Waals surface area contributed by atoms with Gasteiger partial charge in [-0.1, -0.05) is 12.2 Å². The van der Waals surface area contributed by atoms with Gasteiger partial charge in [-0.3, -0.25) is 0 Å². The van der Waals surface area contributed by atoms with E-state index in [4.69, 9.17) is 17.5 Å². The summed E-state index contributed by atoms with van der Waals surface area (Å²) < 4.78 is 0. The first-order valence-corrected chi connectivity index (χ1v) is 4.40. The summed E-state index contributed by atoms with van der Waals surface area (Å²) in [7, 11) is 0. The molecule has 0 spiro atoms. The van der Waals surface area contributed by atoms with E-state index in [-0.39, 0.29) is 0 Å². The Morgan fingerprint density at radius 3 is 3.00 bits per heavy atom. The number of thiocarbonyl (C=S) groups is 1. The molecule has 0 unspecified atom stereocenters. The second kappa shape index (κ2) is 4.30. The smallest absolute Gasteiger partial charge is 0.0779 e. The molecule has 0 aromatic carbocycles. The molecule has 11 heavy (non-hydrogen) atoms. The standard InChI is InChI=1S/C8H12N2S/c9-5-3-7-10-6-2-1-4-8(10)11/h1-4,6-7H2. The fourth-order valence-electron chi connectivity index (χ4n) is 1.28. The molecule has 0 atom stereocenters. The Morgan fingerprint density at radius 2 is 2.36 bits per heavy atom. The summed E-state index contributed by atoms with van der Waals surface area (Å²) in [5, 5.41) is 8.36. The molecule has 0 aromatic heterocycles. The molecule has 0 N–H and O–H groups in total. The summed E-state index contributed by atoms with van der Waals surface area (Å²) in [6, 6.07) is 2.13. The van der Waals surface area contributed by atoms with Gasteiger partial charge >= 0.3 is 0 Å². The van der Waals surface area contributed by atoms with E-state index in [1.54, 1.807) is 0 Å². The molecule has 1 fully saturated rings. The minimum absolute atomic E-state index is 0.597. The van der Waals surface area contributed by atoms with Crippen molar-refractivity contribution in [1.82, 2.24) is 4.90 Å². The molecule has 1 saturated heterocycles. The maximum atomic E-state index is 8.36. The lowest BCUT2D eigenvalue weighted by atomic mass is 10.1. The predicted octanol–water partition coefficient (Wildman–Crippen LogP) is 1.71. The summed E-state index contributed by atoms with van der Waals surface area (Å²) >= 11 is 5.16. The Balaban J connectivity index is 2.31.